The average Bonchev–Trinajstić information content (AvgIpc) is 3.21. The van der Waals surface area contributed by atoms with Gasteiger partial charge in [-0.15, -0.1) is 17.3 Å². The number of nitrogens with one attached hydrogen (secondary N) is 1. The zero-order valence-electron chi connectivity index (χ0n) is 15.7. The first-order chi connectivity index (χ1) is 14.0. The molecule has 6 nitrogen and oxygen atoms in total. The summed E-state index contributed by atoms with van der Waals surface area (Å²) in [7, 11) is 0. The summed E-state index contributed by atoms with van der Waals surface area (Å²) < 4.78 is 39.5. The van der Waals surface area contributed by atoms with Crippen LogP contribution in [0.4, 0.5) is 24.5 Å². The Morgan fingerprint density at radius 2 is 2.07 bits per heavy atom. The van der Waals surface area contributed by atoms with E-state index in [0.717, 1.165) is 23.8 Å². The number of carbonyl (C=O) groups excluding carboxylic acids is 1. The van der Waals surface area contributed by atoms with Crippen LogP contribution < -0.4 is 5.32 Å². The van der Waals surface area contributed by atoms with Crippen LogP contribution in [-0.2, 0) is 16.4 Å². The van der Waals surface area contributed by atoms with Gasteiger partial charge in [0.2, 0.25) is 5.60 Å². The molecular formula is C20H17F3N2O4S. The third-order valence-electron chi connectivity index (χ3n) is 4.96. The first-order valence-electron chi connectivity index (χ1n) is 8.88. The molecule has 1 heterocycles. The Morgan fingerprint density at radius 3 is 2.57 bits per heavy atom. The van der Waals surface area contributed by atoms with Gasteiger partial charge in [0, 0.05) is 28.5 Å². The van der Waals surface area contributed by atoms with Crippen molar-refractivity contribution in [3.63, 3.8) is 0 Å². The first-order valence-corrected chi connectivity index (χ1v) is 9.76. The van der Waals surface area contributed by atoms with Gasteiger partial charge in [0.05, 0.1) is 4.92 Å². The van der Waals surface area contributed by atoms with Crippen molar-refractivity contribution < 1.29 is 28.0 Å². The lowest BCUT2D eigenvalue weighted by Crippen LogP contribution is -2.44. The Labute approximate surface area is 173 Å². The lowest BCUT2D eigenvalue weighted by atomic mass is 9.86. The Balaban J connectivity index is 1.89. The molecular weight excluding hydrogens is 421 g/mol. The second-order valence-electron chi connectivity index (χ2n) is 7.11. The number of alkyl halides is 3. The Kier molecular flexibility index (Phi) is 5.62. The summed E-state index contributed by atoms with van der Waals surface area (Å²) in [6.07, 6.45) is -3.49. The third-order valence-corrected chi connectivity index (χ3v) is 6.07. The van der Waals surface area contributed by atoms with Gasteiger partial charge in [-0.25, -0.2) is 0 Å². The van der Waals surface area contributed by atoms with Crippen LogP contribution in [0, 0.1) is 22.0 Å². The number of hydrogen-bond acceptors (Lipinski definition) is 5. The molecule has 30 heavy (non-hydrogen) atoms. The normalized spacial score (nSPS) is 16.7. The molecule has 1 amide bonds. The summed E-state index contributed by atoms with van der Waals surface area (Å²) in [6, 6.07) is 5.89. The number of nitrogens with zero attached hydrogens (tertiary/aromatic N) is 1. The van der Waals surface area contributed by atoms with Crippen molar-refractivity contribution in [3.05, 3.63) is 56.3 Å². The first kappa shape index (κ1) is 21.8. The molecule has 0 saturated heterocycles. The van der Waals surface area contributed by atoms with E-state index in [1.54, 1.807) is 0 Å². The molecule has 1 aliphatic rings. The molecule has 1 aromatic carbocycles. The van der Waals surface area contributed by atoms with Crippen molar-refractivity contribution in [2.75, 3.05) is 5.32 Å². The van der Waals surface area contributed by atoms with Crippen LogP contribution >= 0.6 is 11.3 Å². The predicted molar refractivity (Wildman–Crippen MR) is 105 cm³/mol. The molecule has 10 heteroatoms. The fourth-order valence-electron chi connectivity index (χ4n) is 3.35. The molecule has 2 aromatic rings. The van der Waals surface area contributed by atoms with Gasteiger partial charge in [0.15, 0.2) is 0 Å². The molecule has 1 fully saturated rings. The molecule has 1 aliphatic carbocycles. The van der Waals surface area contributed by atoms with Gasteiger partial charge in [-0.1, -0.05) is 12.0 Å². The van der Waals surface area contributed by atoms with Crippen molar-refractivity contribution in [3.8, 4) is 11.8 Å². The fraction of sp³-hybridized carbons (Fsp3) is 0.350. The van der Waals surface area contributed by atoms with E-state index < -0.39 is 39.3 Å². The van der Waals surface area contributed by atoms with Gasteiger partial charge in [0.1, 0.15) is 5.56 Å². The molecule has 0 radical (unpaired) electrons. The second-order valence-corrected chi connectivity index (χ2v) is 8.06. The van der Waals surface area contributed by atoms with Crippen molar-refractivity contribution in [2.24, 2.45) is 0 Å². The standard InChI is InChI=1S/C20H17F3N2O4S/c1-2-7-19(27,12-18(8-9-18)16-4-3-10-30-16)17(26)24-13-5-6-15(25(28)29)14(11-13)20(21,22)23/h3-6,10-11,27H,8-9,12H2,1H3,(H,24,26). The van der Waals surface area contributed by atoms with E-state index in [0.29, 0.717) is 12.1 Å². The van der Waals surface area contributed by atoms with E-state index in [1.807, 2.05) is 17.5 Å². The highest BCUT2D eigenvalue weighted by molar-refractivity contribution is 7.10. The molecule has 0 spiro atoms. The van der Waals surface area contributed by atoms with E-state index in [-0.39, 0.29) is 12.1 Å². The van der Waals surface area contributed by atoms with E-state index in [1.165, 1.54) is 18.3 Å². The number of thiophene rings is 1. The molecule has 0 bridgehead atoms. The second kappa shape index (κ2) is 7.74. The highest BCUT2D eigenvalue weighted by Gasteiger charge is 2.52. The Morgan fingerprint density at radius 1 is 1.37 bits per heavy atom. The van der Waals surface area contributed by atoms with E-state index in [2.05, 4.69) is 17.2 Å². The molecule has 1 aromatic heterocycles. The molecule has 3 rings (SSSR count). The van der Waals surface area contributed by atoms with Gasteiger partial charge in [-0.2, -0.15) is 13.2 Å². The minimum Gasteiger partial charge on any atom is -0.369 e. The van der Waals surface area contributed by atoms with Gasteiger partial charge < -0.3 is 10.4 Å². The maximum atomic E-state index is 13.2. The van der Waals surface area contributed by atoms with Gasteiger partial charge in [0.25, 0.3) is 11.6 Å². The third kappa shape index (κ3) is 4.32. The molecule has 1 saturated carbocycles. The van der Waals surface area contributed by atoms with E-state index >= 15 is 0 Å². The predicted octanol–water partition coefficient (Wildman–Crippen LogP) is 4.49. The van der Waals surface area contributed by atoms with Crippen LogP contribution in [-0.4, -0.2) is 21.5 Å². The largest absolute Gasteiger partial charge is 0.423 e. The summed E-state index contributed by atoms with van der Waals surface area (Å²) in [4.78, 5) is 23.5. The van der Waals surface area contributed by atoms with Gasteiger partial charge in [-0.3, -0.25) is 14.9 Å². The SMILES string of the molecule is CC#CC(O)(CC1(c2cccs2)CC1)C(=O)Nc1ccc([N+](=O)[O-])c(C(F)(F)F)c1. The van der Waals surface area contributed by atoms with Crippen LogP contribution in [0.5, 0.6) is 0 Å². The number of anilines is 1. The summed E-state index contributed by atoms with van der Waals surface area (Å²) in [5.74, 6) is 4.00. The fourth-order valence-corrected chi connectivity index (χ4v) is 4.34. The zero-order valence-corrected chi connectivity index (χ0v) is 16.6. The monoisotopic (exact) mass is 438 g/mol. The topological polar surface area (TPSA) is 92.5 Å². The van der Waals surface area contributed by atoms with Crippen LogP contribution in [0.25, 0.3) is 0 Å². The van der Waals surface area contributed by atoms with Crippen molar-refractivity contribution in [1.29, 1.82) is 0 Å². The molecule has 1 unspecified atom stereocenters. The molecule has 2 N–H and O–H groups in total. The summed E-state index contributed by atoms with van der Waals surface area (Å²) in [5, 5.41) is 26.0. The maximum Gasteiger partial charge on any atom is 0.423 e. The zero-order chi connectivity index (χ0) is 22.2. The van der Waals surface area contributed by atoms with Crippen LogP contribution in [0.3, 0.4) is 0 Å². The minimum absolute atomic E-state index is 0.00764. The molecule has 158 valence electrons. The lowest BCUT2D eigenvalue weighted by molar-refractivity contribution is -0.388. The Bertz CT molecular complexity index is 1040. The number of hydrogen-bond donors (Lipinski definition) is 2. The molecule has 0 aliphatic heterocycles. The average molecular weight is 438 g/mol. The van der Waals surface area contributed by atoms with Crippen molar-refractivity contribution >= 4 is 28.6 Å². The minimum atomic E-state index is -4.99. The highest BCUT2D eigenvalue weighted by Crippen LogP contribution is 2.54. The number of nitro groups is 1. The van der Waals surface area contributed by atoms with Crippen LogP contribution in [0.15, 0.2) is 35.7 Å². The molecule has 1 atom stereocenters. The van der Waals surface area contributed by atoms with Crippen LogP contribution in [0.2, 0.25) is 0 Å². The summed E-state index contributed by atoms with van der Waals surface area (Å²) >= 11 is 1.50. The number of nitro benzene ring substituents is 1. The number of aliphatic hydroxyl groups is 1. The van der Waals surface area contributed by atoms with Crippen molar-refractivity contribution in [1.82, 2.24) is 0 Å². The van der Waals surface area contributed by atoms with E-state index in [9.17, 15) is 33.2 Å². The number of benzene rings is 1. The quantitative estimate of drug-likeness (QED) is 0.395. The smallest absolute Gasteiger partial charge is 0.369 e. The summed E-state index contributed by atoms with van der Waals surface area (Å²) in [5.41, 5.74) is -5.48. The van der Waals surface area contributed by atoms with Gasteiger partial charge >= 0.3 is 6.18 Å². The Hall–Kier alpha value is -2.90. The number of amides is 1. The number of halogens is 3. The highest BCUT2D eigenvalue weighted by atomic mass is 32.1. The number of carbonyl (C=O) groups is 1. The van der Waals surface area contributed by atoms with Crippen LogP contribution in [0.1, 0.15) is 36.6 Å². The summed E-state index contributed by atoms with van der Waals surface area (Å²) in [6.45, 7) is 1.44. The maximum absolute atomic E-state index is 13.2. The van der Waals surface area contributed by atoms with E-state index in [4.69, 9.17) is 0 Å². The van der Waals surface area contributed by atoms with Crippen molar-refractivity contribution in [2.45, 2.75) is 43.4 Å². The van der Waals surface area contributed by atoms with Gasteiger partial charge in [-0.05, 0) is 43.3 Å². The number of rotatable bonds is 6. The lowest BCUT2D eigenvalue weighted by Gasteiger charge is -2.26.